The zero-order chi connectivity index (χ0) is 11.7. The molecule has 16 heavy (non-hydrogen) atoms. The summed E-state index contributed by atoms with van der Waals surface area (Å²) in [5.74, 6) is 0.314. The maximum atomic E-state index is 11.6. The van der Waals surface area contributed by atoms with Gasteiger partial charge < -0.3 is 9.30 Å². The number of aromatic nitrogens is 4. The summed E-state index contributed by atoms with van der Waals surface area (Å²) in [6.07, 6.45) is 1.34. The van der Waals surface area contributed by atoms with Crippen LogP contribution in [0.4, 0.5) is 0 Å². The van der Waals surface area contributed by atoms with E-state index < -0.39 is 5.97 Å². The molecular formula is C10H12N4O2. The smallest absolute Gasteiger partial charge is 0.359 e. The molecule has 0 bridgehead atoms. The molecule has 2 aromatic rings. The topological polar surface area (TPSA) is 69.9 Å². The minimum absolute atomic E-state index is 0.218. The van der Waals surface area contributed by atoms with Gasteiger partial charge in [0.25, 0.3) is 0 Å². The molecule has 0 saturated heterocycles. The molecule has 0 aromatic carbocycles. The second kappa shape index (κ2) is 3.88. The summed E-state index contributed by atoms with van der Waals surface area (Å²) < 4.78 is 6.71. The van der Waals surface area contributed by atoms with Crippen molar-refractivity contribution in [2.45, 2.75) is 13.8 Å². The van der Waals surface area contributed by atoms with Crippen LogP contribution < -0.4 is 0 Å². The Morgan fingerprint density at radius 1 is 1.50 bits per heavy atom. The van der Waals surface area contributed by atoms with Crippen molar-refractivity contribution in [1.82, 2.24) is 19.5 Å². The summed E-state index contributed by atoms with van der Waals surface area (Å²) in [6.45, 7) is 3.91. The number of rotatable bonds is 2. The van der Waals surface area contributed by atoms with E-state index >= 15 is 0 Å². The predicted octanol–water partition coefficient (Wildman–Crippen LogP) is 0.848. The van der Waals surface area contributed by atoms with Crippen molar-refractivity contribution in [3.8, 4) is 0 Å². The lowest BCUT2D eigenvalue weighted by Gasteiger charge is -2.00. The molecule has 0 radical (unpaired) electrons. The van der Waals surface area contributed by atoms with Crippen LogP contribution in [0.2, 0.25) is 0 Å². The molecule has 2 aromatic heterocycles. The van der Waals surface area contributed by atoms with Crippen molar-refractivity contribution < 1.29 is 9.53 Å². The van der Waals surface area contributed by atoms with Crippen LogP contribution in [0.25, 0.3) is 11.2 Å². The maximum absolute atomic E-state index is 11.6. The van der Waals surface area contributed by atoms with Gasteiger partial charge in [0.15, 0.2) is 11.3 Å². The summed E-state index contributed by atoms with van der Waals surface area (Å²) >= 11 is 0. The van der Waals surface area contributed by atoms with Gasteiger partial charge >= 0.3 is 5.97 Å². The van der Waals surface area contributed by atoms with Crippen molar-refractivity contribution in [2.24, 2.45) is 7.05 Å². The van der Waals surface area contributed by atoms with Crippen molar-refractivity contribution in [3.63, 3.8) is 0 Å². The van der Waals surface area contributed by atoms with Gasteiger partial charge in [-0.2, -0.15) is 0 Å². The molecule has 0 spiro atoms. The van der Waals surface area contributed by atoms with E-state index in [0.29, 0.717) is 17.8 Å². The fourth-order valence-corrected chi connectivity index (χ4v) is 1.46. The summed E-state index contributed by atoms with van der Waals surface area (Å²) in [5, 5.41) is 0. The molecule has 84 valence electrons. The largest absolute Gasteiger partial charge is 0.461 e. The van der Waals surface area contributed by atoms with Gasteiger partial charge in [-0.1, -0.05) is 0 Å². The average Bonchev–Trinajstić information content (AvgIpc) is 2.55. The van der Waals surface area contributed by atoms with E-state index in [1.807, 2.05) is 14.0 Å². The first-order valence-corrected chi connectivity index (χ1v) is 4.96. The number of aryl methyl sites for hydroxylation is 2. The fourth-order valence-electron chi connectivity index (χ4n) is 1.46. The normalized spacial score (nSPS) is 10.7. The number of esters is 1. The van der Waals surface area contributed by atoms with E-state index in [1.165, 1.54) is 6.33 Å². The van der Waals surface area contributed by atoms with Crippen LogP contribution in [0.3, 0.4) is 0 Å². The number of hydrogen-bond acceptors (Lipinski definition) is 5. The van der Waals surface area contributed by atoms with Crippen LogP contribution in [0.5, 0.6) is 0 Å². The van der Waals surface area contributed by atoms with Gasteiger partial charge in [0.05, 0.1) is 6.61 Å². The molecule has 2 heterocycles. The third-order valence-electron chi connectivity index (χ3n) is 2.35. The Bertz CT molecular complexity index is 547. The van der Waals surface area contributed by atoms with E-state index in [9.17, 15) is 4.79 Å². The third-order valence-corrected chi connectivity index (χ3v) is 2.35. The van der Waals surface area contributed by atoms with Crippen LogP contribution in [0.15, 0.2) is 6.33 Å². The quantitative estimate of drug-likeness (QED) is 0.701. The molecule has 2 rings (SSSR count). The molecule has 0 atom stereocenters. The van der Waals surface area contributed by atoms with Crippen molar-refractivity contribution in [3.05, 3.63) is 17.8 Å². The Morgan fingerprint density at radius 2 is 2.25 bits per heavy atom. The molecule has 0 amide bonds. The monoisotopic (exact) mass is 220 g/mol. The lowest BCUT2D eigenvalue weighted by molar-refractivity contribution is 0.0521. The van der Waals surface area contributed by atoms with E-state index in [4.69, 9.17) is 4.74 Å². The summed E-state index contributed by atoms with van der Waals surface area (Å²) in [5.41, 5.74) is 1.34. The highest BCUT2D eigenvalue weighted by molar-refractivity contribution is 5.98. The maximum Gasteiger partial charge on any atom is 0.359 e. The highest BCUT2D eigenvalue weighted by Crippen LogP contribution is 2.15. The van der Waals surface area contributed by atoms with Gasteiger partial charge in [-0.05, 0) is 13.8 Å². The molecule has 6 nitrogen and oxygen atoms in total. The zero-order valence-corrected chi connectivity index (χ0v) is 9.39. The van der Waals surface area contributed by atoms with E-state index in [-0.39, 0.29) is 5.69 Å². The molecule has 0 N–H and O–H groups in total. The SMILES string of the molecule is CCOC(=O)c1ncnc2c1nc(C)n2C. The van der Waals surface area contributed by atoms with Crippen LogP contribution in [-0.2, 0) is 11.8 Å². The van der Waals surface area contributed by atoms with Gasteiger partial charge in [0, 0.05) is 7.05 Å². The molecule has 0 aliphatic rings. The van der Waals surface area contributed by atoms with E-state index in [1.54, 1.807) is 11.5 Å². The summed E-state index contributed by atoms with van der Waals surface area (Å²) in [4.78, 5) is 23.9. The first-order valence-electron chi connectivity index (χ1n) is 4.96. The van der Waals surface area contributed by atoms with Crippen molar-refractivity contribution in [2.75, 3.05) is 6.61 Å². The van der Waals surface area contributed by atoms with E-state index in [0.717, 1.165) is 5.82 Å². The number of hydrogen-bond donors (Lipinski definition) is 0. The molecular weight excluding hydrogens is 208 g/mol. The minimum atomic E-state index is -0.465. The molecule has 0 aliphatic heterocycles. The second-order valence-corrected chi connectivity index (χ2v) is 3.33. The molecule has 0 aliphatic carbocycles. The first-order chi connectivity index (χ1) is 7.65. The highest BCUT2D eigenvalue weighted by atomic mass is 16.5. The van der Waals surface area contributed by atoms with Gasteiger partial charge in [-0.15, -0.1) is 0 Å². The van der Waals surface area contributed by atoms with E-state index in [2.05, 4.69) is 15.0 Å². The Balaban J connectivity index is 2.62. The van der Waals surface area contributed by atoms with Crippen LogP contribution >= 0.6 is 0 Å². The lowest BCUT2D eigenvalue weighted by Crippen LogP contribution is -2.08. The third kappa shape index (κ3) is 1.52. The van der Waals surface area contributed by atoms with Gasteiger partial charge in [0.1, 0.15) is 17.7 Å². The lowest BCUT2D eigenvalue weighted by atomic mass is 10.3. The fraction of sp³-hybridized carbons (Fsp3) is 0.400. The van der Waals surface area contributed by atoms with Gasteiger partial charge in [-0.3, -0.25) is 0 Å². The Kier molecular flexibility index (Phi) is 2.55. The first kappa shape index (κ1) is 10.5. The van der Waals surface area contributed by atoms with Crippen LogP contribution in [0, 0.1) is 6.92 Å². The highest BCUT2D eigenvalue weighted by Gasteiger charge is 2.17. The predicted molar refractivity (Wildman–Crippen MR) is 57.0 cm³/mol. The standard InChI is InChI=1S/C10H12N4O2/c1-4-16-10(15)8-7-9(12-5-11-8)14(3)6(2)13-7/h5H,4H2,1-3H3. The average molecular weight is 220 g/mol. The van der Waals surface area contributed by atoms with Crippen molar-refractivity contribution >= 4 is 17.1 Å². The molecule has 0 unspecified atom stereocenters. The van der Waals surface area contributed by atoms with Gasteiger partial charge in [-0.25, -0.2) is 19.7 Å². The Morgan fingerprint density at radius 3 is 2.94 bits per heavy atom. The van der Waals surface area contributed by atoms with Gasteiger partial charge in [0.2, 0.25) is 0 Å². The number of nitrogens with zero attached hydrogens (tertiary/aromatic N) is 4. The molecule has 6 heteroatoms. The van der Waals surface area contributed by atoms with Crippen LogP contribution in [-0.4, -0.2) is 32.1 Å². The minimum Gasteiger partial charge on any atom is -0.461 e. The number of carbonyl (C=O) groups excluding carboxylic acids is 1. The Labute approximate surface area is 92.3 Å². The zero-order valence-electron chi connectivity index (χ0n) is 9.39. The number of ether oxygens (including phenoxy) is 1. The molecule has 0 fully saturated rings. The van der Waals surface area contributed by atoms with Crippen molar-refractivity contribution in [1.29, 1.82) is 0 Å². The number of fused-ring (bicyclic) bond motifs is 1. The second-order valence-electron chi connectivity index (χ2n) is 3.33. The summed E-state index contributed by atoms with van der Waals surface area (Å²) in [7, 11) is 1.84. The Hall–Kier alpha value is -1.98. The van der Waals surface area contributed by atoms with Crippen LogP contribution in [0.1, 0.15) is 23.2 Å². The summed E-state index contributed by atoms with van der Waals surface area (Å²) in [6, 6.07) is 0. The number of carbonyl (C=O) groups is 1. The molecule has 0 saturated carbocycles. The number of imidazole rings is 1.